The number of fused-ring (bicyclic) bond motifs is 1. The van der Waals surface area contributed by atoms with Gasteiger partial charge in [-0.15, -0.1) is 11.8 Å². The van der Waals surface area contributed by atoms with Gasteiger partial charge in [-0.2, -0.15) is 0 Å². The zero-order chi connectivity index (χ0) is 21.8. The monoisotopic (exact) mass is 453 g/mol. The van der Waals surface area contributed by atoms with Gasteiger partial charge in [0.1, 0.15) is 23.8 Å². The first-order valence-electron chi connectivity index (χ1n) is 9.77. The largest absolute Gasteiger partial charge is 0.391 e. The van der Waals surface area contributed by atoms with Crippen LogP contribution in [-0.4, -0.2) is 20.8 Å². The molecule has 0 N–H and O–H groups in total. The van der Waals surface area contributed by atoms with E-state index in [1.165, 1.54) is 12.1 Å². The number of nitrogens with zero attached hydrogens (tertiary/aromatic N) is 3. The molecule has 0 aliphatic heterocycles. The van der Waals surface area contributed by atoms with Crippen LogP contribution in [0.5, 0.6) is 0 Å². The third-order valence-corrected chi connectivity index (χ3v) is 6.01. The Kier molecular flexibility index (Phi) is 6.59. The van der Waals surface area contributed by atoms with Crippen LogP contribution in [0.3, 0.4) is 0 Å². The van der Waals surface area contributed by atoms with Crippen molar-refractivity contribution in [2.24, 2.45) is 5.16 Å². The average Bonchev–Trinajstić information content (AvgIpc) is 3.08. The summed E-state index contributed by atoms with van der Waals surface area (Å²) in [6, 6.07) is 18.0. The minimum atomic E-state index is -0.274. The lowest BCUT2D eigenvalue weighted by Crippen LogP contribution is -2.11. The fraction of sp³-hybridized carbons (Fsp3) is 0.167. The van der Waals surface area contributed by atoms with Crippen LogP contribution in [0.2, 0.25) is 5.02 Å². The predicted octanol–water partition coefficient (Wildman–Crippen LogP) is 6.46. The van der Waals surface area contributed by atoms with Gasteiger partial charge in [-0.3, -0.25) is 4.40 Å². The topological polar surface area (TPSA) is 38.9 Å². The standard InChI is InChI=1S/C24H21ClFN3OS/c1-16-11-12-29-23(13-16)27-17(2)24(29)22(15-31-21-9-5-19(25)6-10-21)28-30-14-18-3-7-20(26)8-4-18/h3-13H,14-15H2,1-2H3/b28-22-. The number of benzene rings is 2. The van der Waals surface area contributed by atoms with Gasteiger partial charge in [-0.1, -0.05) is 28.9 Å². The molecule has 0 radical (unpaired) electrons. The van der Waals surface area contributed by atoms with Gasteiger partial charge in [0.15, 0.2) is 0 Å². The second-order valence-electron chi connectivity index (χ2n) is 7.16. The highest BCUT2D eigenvalue weighted by Crippen LogP contribution is 2.23. The Morgan fingerprint density at radius 2 is 1.84 bits per heavy atom. The Morgan fingerprint density at radius 1 is 1.10 bits per heavy atom. The third-order valence-electron chi connectivity index (χ3n) is 4.74. The summed E-state index contributed by atoms with van der Waals surface area (Å²) in [5.41, 5.74) is 5.43. The van der Waals surface area contributed by atoms with E-state index in [1.807, 2.05) is 60.8 Å². The number of halogens is 2. The molecule has 4 aromatic rings. The van der Waals surface area contributed by atoms with Gasteiger partial charge >= 0.3 is 0 Å². The molecule has 158 valence electrons. The highest BCUT2D eigenvalue weighted by Gasteiger charge is 2.16. The summed E-state index contributed by atoms with van der Waals surface area (Å²) in [5, 5.41) is 5.17. The van der Waals surface area contributed by atoms with Crippen LogP contribution in [0.4, 0.5) is 4.39 Å². The first kappa shape index (κ1) is 21.4. The molecule has 0 amide bonds. The molecule has 0 atom stereocenters. The maximum Gasteiger partial charge on any atom is 0.142 e. The highest BCUT2D eigenvalue weighted by molar-refractivity contribution is 8.00. The molecule has 0 aliphatic carbocycles. The Bertz CT molecular complexity index is 1220. The van der Waals surface area contributed by atoms with E-state index in [4.69, 9.17) is 21.4 Å². The van der Waals surface area contributed by atoms with Gasteiger partial charge in [0, 0.05) is 21.9 Å². The Morgan fingerprint density at radius 3 is 2.58 bits per heavy atom. The second kappa shape index (κ2) is 9.54. The first-order chi connectivity index (χ1) is 15.0. The van der Waals surface area contributed by atoms with Crippen LogP contribution in [0.15, 0.2) is 76.9 Å². The Hall–Kier alpha value is -2.83. The molecule has 0 saturated heterocycles. The van der Waals surface area contributed by atoms with Crippen molar-refractivity contribution in [2.75, 3.05) is 5.75 Å². The normalized spacial score (nSPS) is 11.8. The number of aryl methyl sites for hydroxylation is 2. The summed E-state index contributed by atoms with van der Waals surface area (Å²) in [4.78, 5) is 11.4. The molecular formula is C24H21ClFN3OS. The van der Waals surface area contributed by atoms with E-state index in [-0.39, 0.29) is 12.4 Å². The SMILES string of the molecule is Cc1ccn2c(/C(CSc3ccc(Cl)cc3)=N\OCc3ccc(F)cc3)c(C)nc2c1. The molecule has 0 fully saturated rings. The van der Waals surface area contributed by atoms with Crippen molar-refractivity contribution in [3.8, 4) is 0 Å². The second-order valence-corrected chi connectivity index (χ2v) is 8.64. The molecule has 4 rings (SSSR count). The number of hydrogen-bond donors (Lipinski definition) is 0. The lowest BCUT2D eigenvalue weighted by molar-refractivity contribution is 0.130. The van der Waals surface area contributed by atoms with Crippen LogP contribution in [-0.2, 0) is 11.4 Å². The summed E-state index contributed by atoms with van der Waals surface area (Å²) >= 11 is 7.65. The number of pyridine rings is 1. The van der Waals surface area contributed by atoms with E-state index in [0.29, 0.717) is 10.8 Å². The third kappa shape index (κ3) is 5.27. The average molecular weight is 454 g/mol. The Labute approximate surface area is 189 Å². The van der Waals surface area contributed by atoms with E-state index in [9.17, 15) is 4.39 Å². The van der Waals surface area contributed by atoms with Gasteiger partial charge in [0.25, 0.3) is 0 Å². The summed E-state index contributed by atoms with van der Waals surface area (Å²) < 4.78 is 15.2. The van der Waals surface area contributed by atoms with E-state index >= 15 is 0 Å². The number of aromatic nitrogens is 2. The van der Waals surface area contributed by atoms with Crippen molar-refractivity contribution in [1.82, 2.24) is 9.38 Å². The highest BCUT2D eigenvalue weighted by atomic mass is 35.5. The van der Waals surface area contributed by atoms with Crippen LogP contribution in [0, 0.1) is 19.7 Å². The van der Waals surface area contributed by atoms with Gasteiger partial charge < -0.3 is 4.84 Å². The first-order valence-corrected chi connectivity index (χ1v) is 11.1. The van der Waals surface area contributed by atoms with Gasteiger partial charge in [-0.25, -0.2) is 9.37 Å². The summed E-state index contributed by atoms with van der Waals surface area (Å²) in [6.45, 7) is 4.27. The van der Waals surface area contributed by atoms with Crippen LogP contribution < -0.4 is 0 Å². The fourth-order valence-electron chi connectivity index (χ4n) is 3.20. The lowest BCUT2D eigenvalue weighted by Gasteiger charge is -2.09. The molecule has 31 heavy (non-hydrogen) atoms. The molecule has 0 bridgehead atoms. The maximum atomic E-state index is 13.1. The molecule has 0 saturated carbocycles. The van der Waals surface area contributed by atoms with E-state index in [2.05, 4.69) is 5.16 Å². The summed E-state index contributed by atoms with van der Waals surface area (Å²) in [7, 11) is 0. The maximum absolute atomic E-state index is 13.1. The van der Waals surface area contributed by atoms with Crippen LogP contribution >= 0.6 is 23.4 Å². The van der Waals surface area contributed by atoms with Crippen molar-refractivity contribution in [2.45, 2.75) is 25.3 Å². The molecule has 0 unspecified atom stereocenters. The van der Waals surface area contributed by atoms with E-state index in [1.54, 1.807) is 23.9 Å². The number of hydrogen-bond acceptors (Lipinski definition) is 4. The van der Waals surface area contributed by atoms with Gasteiger partial charge in [0.05, 0.1) is 11.4 Å². The number of thioether (sulfide) groups is 1. The summed E-state index contributed by atoms with van der Waals surface area (Å²) in [6.07, 6.45) is 2.00. The summed E-state index contributed by atoms with van der Waals surface area (Å²) in [5.74, 6) is 0.317. The molecule has 0 spiro atoms. The zero-order valence-electron chi connectivity index (χ0n) is 17.2. The van der Waals surface area contributed by atoms with Crippen molar-refractivity contribution in [3.63, 3.8) is 0 Å². The Balaban J connectivity index is 1.62. The quantitative estimate of drug-likeness (QED) is 0.183. The van der Waals surface area contributed by atoms with Gasteiger partial charge in [0.2, 0.25) is 0 Å². The molecule has 7 heteroatoms. The van der Waals surface area contributed by atoms with E-state index < -0.39 is 0 Å². The van der Waals surface area contributed by atoms with Crippen molar-refractivity contribution in [3.05, 3.63) is 100 Å². The molecule has 2 aromatic carbocycles. The van der Waals surface area contributed by atoms with Gasteiger partial charge in [-0.05, 0) is 73.5 Å². The molecule has 4 nitrogen and oxygen atoms in total. The molecule has 2 heterocycles. The number of rotatable bonds is 7. The lowest BCUT2D eigenvalue weighted by atomic mass is 10.2. The van der Waals surface area contributed by atoms with Crippen molar-refractivity contribution in [1.29, 1.82) is 0 Å². The van der Waals surface area contributed by atoms with Crippen LogP contribution in [0.1, 0.15) is 22.5 Å². The molecular weight excluding hydrogens is 433 g/mol. The number of oxime groups is 1. The van der Waals surface area contributed by atoms with Crippen LogP contribution in [0.25, 0.3) is 5.65 Å². The predicted molar refractivity (Wildman–Crippen MR) is 125 cm³/mol. The smallest absolute Gasteiger partial charge is 0.142 e. The fourth-order valence-corrected chi connectivity index (χ4v) is 4.15. The number of imidazole rings is 1. The zero-order valence-corrected chi connectivity index (χ0v) is 18.8. The molecule has 0 aliphatic rings. The minimum absolute atomic E-state index is 0.254. The van der Waals surface area contributed by atoms with Crippen molar-refractivity contribution >= 4 is 34.7 Å². The molecule has 2 aromatic heterocycles. The minimum Gasteiger partial charge on any atom is -0.391 e. The van der Waals surface area contributed by atoms with Crippen molar-refractivity contribution < 1.29 is 9.23 Å². The van der Waals surface area contributed by atoms with E-state index in [0.717, 1.165) is 38.8 Å².